The number of carbonyl (C=O) groups is 2. The lowest BCUT2D eigenvalue weighted by Crippen LogP contribution is -2.52. The number of carbonyl (C=O) groups excluding carboxylic acids is 2. The molecule has 2 aromatic rings. The van der Waals surface area contributed by atoms with Gasteiger partial charge in [0, 0.05) is 25.3 Å². The molecule has 30 heavy (non-hydrogen) atoms. The maximum atomic E-state index is 13.0. The van der Waals surface area contributed by atoms with Crippen LogP contribution >= 0.6 is 0 Å². The van der Waals surface area contributed by atoms with Crippen LogP contribution in [0.2, 0.25) is 0 Å². The standard InChI is InChI=1S/C24H31N3O3/c1-17-9-10-20(13-18(17)2)26-23(29)27-12-6-11-24(3,16-27)22(28)25-15-19-7-5-8-21(14-19)30-4/h5,7-10,13-14H,6,11-12,15-16H2,1-4H3,(H,25,28)(H,26,29)/t24-/m1/s1. The van der Waals surface area contributed by atoms with Gasteiger partial charge in [-0.25, -0.2) is 4.79 Å². The Hall–Kier alpha value is -3.02. The van der Waals surface area contributed by atoms with E-state index in [1.807, 2.05) is 63.2 Å². The Morgan fingerprint density at radius 1 is 1.13 bits per heavy atom. The topological polar surface area (TPSA) is 70.7 Å². The van der Waals surface area contributed by atoms with E-state index in [9.17, 15) is 9.59 Å². The summed E-state index contributed by atoms with van der Waals surface area (Å²) in [5.41, 5.74) is 3.46. The summed E-state index contributed by atoms with van der Waals surface area (Å²) in [4.78, 5) is 27.5. The van der Waals surface area contributed by atoms with Crippen molar-refractivity contribution in [3.05, 3.63) is 59.2 Å². The quantitative estimate of drug-likeness (QED) is 0.775. The summed E-state index contributed by atoms with van der Waals surface area (Å²) in [5.74, 6) is 0.730. The molecule has 1 aliphatic heterocycles. The number of rotatable bonds is 5. The van der Waals surface area contributed by atoms with Gasteiger partial charge in [-0.2, -0.15) is 0 Å². The number of nitrogens with one attached hydrogen (secondary N) is 2. The predicted molar refractivity (Wildman–Crippen MR) is 119 cm³/mol. The van der Waals surface area contributed by atoms with Crippen LogP contribution in [0.25, 0.3) is 0 Å². The van der Waals surface area contributed by atoms with Gasteiger partial charge < -0.3 is 20.3 Å². The highest BCUT2D eigenvalue weighted by atomic mass is 16.5. The molecule has 3 rings (SSSR count). The molecule has 0 saturated carbocycles. The number of anilines is 1. The number of hydrogen-bond donors (Lipinski definition) is 2. The van der Waals surface area contributed by atoms with E-state index in [4.69, 9.17) is 4.74 Å². The summed E-state index contributed by atoms with van der Waals surface area (Å²) >= 11 is 0. The van der Waals surface area contributed by atoms with Gasteiger partial charge in [-0.05, 0) is 74.6 Å². The molecule has 0 unspecified atom stereocenters. The van der Waals surface area contributed by atoms with Crippen LogP contribution < -0.4 is 15.4 Å². The van der Waals surface area contributed by atoms with Crippen molar-refractivity contribution in [2.24, 2.45) is 5.41 Å². The summed E-state index contributed by atoms with van der Waals surface area (Å²) in [7, 11) is 1.62. The molecule has 3 amide bonds. The summed E-state index contributed by atoms with van der Waals surface area (Å²) in [6, 6.07) is 13.4. The van der Waals surface area contributed by atoms with Gasteiger partial charge in [0.05, 0.1) is 12.5 Å². The first-order valence-electron chi connectivity index (χ1n) is 10.4. The molecular weight excluding hydrogens is 378 g/mol. The summed E-state index contributed by atoms with van der Waals surface area (Å²) in [6.07, 6.45) is 1.55. The van der Waals surface area contributed by atoms with E-state index < -0.39 is 5.41 Å². The van der Waals surface area contributed by atoms with Gasteiger partial charge in [0.1, 0.15) is 5.75 Å². The van der Waals surface area contributed by atoms with Crippen molar-refractivity contribution in [3.63, 3.8) is 0 Å². The largest absolute Gasteiger partial charge is 0.497 e. The molecule has 160 valence electrons. The first-order valence-corrected chi connectivity index (χ1v) is 10.4. The van der Waals surface area contributed by atoms with Crippen molar-refractivity contribution >= 4 is 17.6 Å². The molecule has 0 aliphatic carbocycles. The fourth-order valence-electron chi connectivity index (χ4n) is 3.80. The molecule has 1 atom stereocenters. The van der Waals surface area contributed by atoms with Crippen LogP contribution in [0.5, 0.6) is 5.75 Å². The fraction of sp³-hybridized carbons (Fsp3) is 0.417. The van der Waals surface area contributed by atoms with E-state index in [-0.39, 0.29) is 11.9 Å². The van der Waals surface area contributed by atoms with Crippen LogP contribution in [0, 0.1) is 19.3 Å². The Bertz CT molecular complexity index is 928. The molecule has 0 bridgehead atoms. The second-order valence-corrected chi connectivity index (χ2v) is 8.35. The molecule has 2 aromatic carbocycles. The SMILES string of the molecule is COc1cccc(CNC(=O)[C@]2(C)CCCN(C(=O)Nc3ccc(C)c(C)c3)C2)c1. The molecule has 6 nitrogen and oxygen atoms in total. The zero-order valence-corrected chi connectivity index (χ0v) is 18.2. The number of hydrogen-bond acceptors (Lipinski definition) is 3. The third-order valence-corrected chi connectivity index (χ3v) is 5.88. The molecule has 1 fully saturated rings. The zero-order chi connectivity index (χ0) is 21.7. The fourth-order valence-corrected chi connectivity index (χ4v) is 3.80. The summed E-state index contributed by atoms with van der Waals surface area (Å²) in [5, 5.41) is 6.00. The van der Waals surface area contributed by atoms with Crippen LogP contribution in [0.15, 0.2) is 42.5 Å². The molecule has 1 heterocycles. The number of piperidine rings is 1. The lowest BCUT2D eigenvalue weighted by atomic mass is 9.81. The Balaban J connectivity index is 1.60. The van der Waals surface area contributed by atoms with E-state index in [0.717, 1.165) is 35.4 Å². The van der Waals surface area contributed by atoms with Gasteiger partial charge >= 0.3 is 6.03 Å². The van der Waals surface area contributed by atoms with Crippen molar-refractivity contribution in [1.29, 1.82) is 0 Å². The maximum Gasteiger partial charge on any atom is 0.321 e. The van der Waals surface area contributed by atoms with E-state index in [0.29, 0.717) is 19.6 Å². The minimum absolute atomic E-state index is 0.0333. The van der Waals surface area contributed by atoms with E-state index in [1.54, 1.807) is 12.0 Å². The second kappa shape index (κ2) is 9.20. The normalized spacial score (nSPS) is 18.6. The van der Waals surface area contributed by atoms with E-state index >= 15 is 0 Å². The number of methoxy groups -OCH3 is 1. The van der Waals surface area contributed by atoms with E-state index in [2.05, 4.69) is 10.6 Å². The minimum Gasteiger partial charge on any atom is -0.497 e. The smallest absolute Gasteiger partial charge is 0.321 e. The van der Waals surface area contributed by atoms with Crippen molar-refractivity contribution in [2.45, 2.75) is 40.2 Å². The van der Waals surface area contributed by atoms with Crippen LogP contribution in [-0.4, -0.2) is 37.0 Å². The highest BCUT2D eigenvalue weighted by Gasteiger charge is 2.39. The van der Waals surface area contributed by atoms with Gasteiger partial charge in [-0.15, -0.1) is 0 Å². The Morgan fingerprint density at radius 2 is 1.93 bits per heavy atom. The average Bonchev–Trinajstić information content (AvgIpc) is 2.74. The second-order valence-electron chi connectivity index (χ2n) is 8.35. The monoisotopic (exact) mass is 409 g/mol. The van der Waals surface area contributed by atoms with Gasteiger partial charge in [-0.3, -0.25) is 4.79 Å². The Labute approximate surface area is 178 Å². The van der Waals surface area contributed by atoms with Gasteiger partial charge in [-0.1, -0.05) is 18.2 Å². The molecule has 6 heteroatoms. The molecule has 0 spiro atoms. The predicted octanol–water partition coefficient (Wildman–Crippen LogP) is 4.26. The van der Waals surface area contributed by atoms with Gasteiger partial charge in [0.2, 0.25) is 5.91 Å². The summed E-state index contributed by atoms with van der Waals surface area (Å²) < 4.78 is 5.24. The number of ether oxygens (including phenoxy) is 1. The lowest BCUT2D eigenvalue weighted by Gasteiger charge is -2.39. The number of nitrogens with zero attached hydrogens (tertiary/aromatic N) is 1. The molecule has 1 saturated heterocycles. The maximum absolute atomic E-state index is 13.0. The molecule has 2 N–H and O–H groups in total. The number of likely N-dealkylation sites (tertiary alicyclic amines) is 1. The minimum atomic E-state index is -0.613. The van der Waals surface area contributed by atoms with Crippen molar-refractivity contribution in [2.75, 3.05) is 25.5 Å². The number of benzene rings is 2. The molecular formula is C24H31N3O3. The Kier molecular flexibility index (Phi) is 6.65. The summed E-state index contributed by atoms with van der Waals surface area (Å²) in [6.45, 7) is 7.48. The van der Waals surface area contributed by atoms with Gasteiger partial charge in [0.15, 0.2) is 0 Å². The molecule has 0 radical (unpaired) electrons. The van der Waals surface area contributed by atoms with Crippen molar-refractivity contribution in [3.8, 4) is 5.75 Å². The zero-order valence-electron chi connectivity index (χ0n) is 18.2. The van der Waals surface area contributed by atoms with Crippen molar-refractivity contribution in [1.82, 2.24) is 10.2 Å². The van der Waals surface area contributed by atoms with Gasteiger partial charge in [0.25, 0.3) is 0 Å². The lowest BCUT2D eigenvalue weighted by molar-refractivity contribution is -0.132. The molecule has 1 aliphatic rings. The van der Waals surface area contributed by atoms with Crippen molar-refractivity contribution < 1.29 is 14.3 Å². The first kappa shape index (κ1) is 21.7. The van der Waals surface area contributed by atoms with Crippen LogP contribution in [0.3, 0.4) is 0 Å². The number of aryl methyl sites for hydroxylation is 2. The highest BCUT2D eigenvalue weighted by molar-refractivity contribution is 5.90. The third kappa shape index (κ3) is 5.12. The highest BCUT2D eigenvalue weighted by Crippen LogP contribution is 2.30. The number of amides is 3. The molecule has 0 aromatic heterocycles. The first-order chi connectivity index (χ1) is 14.3. The number of urea groups is 1. The van der Waals surface area contributed by atoms with Crippen LogP contribution in [0.1, 0.15) is 36.5 Å². The average molecular weight is 410 g/mol. The van der Waals surface area contributed by atoms with Crippen LogP contribution in [-0.2, 0) is 11.3 Å². The Morgan fingerprint density at radius 3 is 2.67 bits per heavy atom. The van der Waals surface area contributed by atoms with Crippen LogP contribution in [0.4, 0.5) is 10.5 Å². The van der Waals surface area contributed by atoms with E-state index in [1.165, 1.54) is 5.56 Å². The third-order valence-electron chi connectivity index (χ3n) is 5.88.